The fraction of sp³-hybridized carbons (Fsp3) is 0.214. The number of carbonyl (C=O) groups excluding carboxylic acids is 1. The maximum absolute atomic E-state index is 11.4. The largest absolute Gasteiger partial charge is 0.397 e. The molecule has 0 bridgehead atoms. The van der Waals surface area contributed by atoms with Crippen molar-refractivity contribution in [3.8, 4) is 0 Å². The number of ketones is 1. The Bertz CT molecular complexity index is 609. The fourth-order valence-electron chi connectivity index (χ4n) is 1.84. The van der Waals surface area contributed by atoms with Crippen molar-refractivity contribution >= 4 is 43.7 Å². The zero-order valence-electron chi connectivity index (χ0n) is 10.8. The van der Waals surface area contributed by atoms with Crippen LogP contribution in [0.4, 0.5) is 10.7 Å². The summed E-state index contributed by atoms with van der Waals surface area (Å²) in [5.41, 5.74) is 7.62. The van der Waals surface area contributed by atoms with Crippen molar-refractivity contribution < 1.29 is 4.79 Å². The van der Waals surface area contributed by atoms with E-state index in [2.05, 4.69) is 33.0 Å². The highest BCUT2D eigenvalue weighted by molar-refractivity contribution is 9.10. The molecular formula is C14H15BrN2OS. The van der Waals surface area contributed by atoms with Crippen molar-refractivity contribution in [2.45, 2.75) is 13.5 Å². The van der Waals surface area contributed by atoms with Crippen molar-refractivity contribution in [2.24, 2.45) is 0 Å². The summed E-state index contributed by atoms with van der Waals surface area (Å²) in [5.74, 6) is 0.0182. The van der Waals surface area contributed by atoms with Crippen molar-refractivity contribution in [3.05, 3.63) is 45.2 Å². The number of carbonyl (C=O) groups is 1. The lowest BCUT2D eigenvalue weighted by Crippen LogP contribution is -2.14. The van der Waals surface area contributed by atoms with Crippen molar-refractivity contribution in [3.63, 3.8) is 0 Å². The van der Waals surface area contributed by atoms with Gasteiger partial charge in [0, 0.05) is 25.0 Å². The molecule has 0 spiro atoms. The highest BCUT2D eigenvalue weighted by atomic mass is 79.9. The van der Waals surface area contributed by atoms with E-state index in [9.17, 15) is 4.79 Å². The van der Waals surface area contributed by atoms with E-state index in [0.29, 0.717) is 10.6 Å². The summed E-state index contributed by atoms with van der Waals surface area (Å²) in [7, 11) is 2.00. The molecule has 0 aliphatic heterocycles. The van der Waals surface area contributed by atoms with Crippen molar-refractivity contribution in [2.75, 3.05) is 17.7 Å². The first kappa shape index (κ1) is 14.1. The third kappa shape index (κ3) is 3.36. The van der Waals surface area contributed by atoms with Crippen LogP contribution in [0, 0.1) is 0 Å². The molecule has 3 nitrogen and oxygen atoms in total. The Morgan fingerprint density at radius 2 is 2.16 bits per heavy atom. The zero-order valence-corrected chi connectivity index (χ0v) is 13.2. The molecule has 0 saturated heterocycles. The number of rotatable bonds is 4. The van der Waals surface area contributed by atoms with Gasteiger partial charge in [0.25, 0.3) is 0 Å². The number of hydrogen-bond donors (Lipinski definition) is 1. The molecule has 100 valence electrons. The van der Waals surface area contributed by atoms with Gasteiger partial charge in [-0.15, -0.1) is 11.3 Å². The van der Waals surface area contributed by atoms with Gasteiger partial charge in [0.1, 0.15) is 0 Å². The molecule has 0 unspecified atom stereocenters. The molecule has 0 aliphatic carbocycles. The molecule has 1 aromatic carbocycles. The van der Waals surface area contributed by atoms with Crippen molar-refractivity contribution in [1.82, 2.24) is 0 Å². The van der Waals surface area contributed by atoms with Gasteiger partial charge in [-0.2, -0.15) is 0 Å². The molecule has 5 heteroatoms. The Morgan fingerprint density at radius 1 is 1.42 bits per heavy atom. The molecule has 0 fully saturated rings. The quantitative estimate of drug-likeness (QED) is 0.859. The first-order valence-corrected chi connectivity index (χ1v) is 7.44. The van der Waals surface area contributed by atoms with Crippen molar-refractivity contribution in [1.29, 1.82) is 0 Å². The molecule has 0 radical (unpaired) electrons. The maximum Gasteiger partial charge on any atom is 0.171 e. The van der Waals surface area contributed by atoms with Crippen LogP contribution in [0.3, 0.4) is 0 Å². The summed E-state index contributed by atoms with van der Waals surface area (Å²) < 4.78 is 1.06. The van der Waals surface area contributed by atoms with Crippen LogP contribution >= 0.6 is 27.3 Å². The molecule has 0 saturated carbocycles. The van der Waals surface area contributed by atoms with E-state index in [1.807, 2.05) is 25.2 Å². The molecular weight excluding hydrogens is 324 g/mol. The topological polar surface area (TPSA) is 46.3 Å². The Hall–Kier alpha value is -1.33. The Kier molecular flexibility index (Phi) is 4.27. The minimum Gasteiger partial charge on any atom is -0.397 e. The second-order valence-corrected chi connectivity index (χ2v) is 6.36. The monoisotopic (exact) mass is 338 g/mol. The molecule has 1 aromatic heterocycles. The second kappa shape index (κ2) is 5.75. The average Bonchev–Trinajstić information content (AvgIpc) is 2.71. The minimum atomic E-state index is 0.0182. The lowest BCUT2D eigenvalue weighted by atomic mass is 10.2. The summed E-state index contributed by atoms with van der Waals surface area (Å²) in [6.07, 6.45) is 0. The normalized spacial score (nSPS) is 10.5. The molecule has 0 atom stereocenters. The van der Waals surface area contributed by atoms with Crippen LogP contribution in [-0.2, 0) is 6.54 Å². The zero-order chi connectivity index (χ0) is 14.0. The number of halogens is 1. The first-order chi connectivity index (χ1) is 8.97. The lowest BCUT2D eigenvalue weighted by molar-refractivity contribution is 0.102. The van der Waals surface area contributed by atoms with Gasteiger partial charge >= 0.3 is 0 Å². The summed E-state index contributed by atoms with van der Waals surface area (Å²) >= 11 is 4.90. The highest BCUT2D eigenvalue weighted by Crippen LogP contribution is 2.32. The third-order valence-corrected chi connectivity index (χ3v) is 4.61. The van der Waals surface area contributed by atoms with Crippen LogP contribution in [0.2, 0.25) is 0 Å². The van der Waals surface area contributed by atoms with E-state index in [1.165, 1.54) is 16.9 Å². The smallest absolute Gasteiger partial charge is 0.171 e. The maximum atomic E-state index is 11.4. The Morgan fingerprint density at radius 3 is 2.74 bits per heavy atom. The first-order valence-electron chi connectivity index (χ1n) is 5.83. The van der Waals surface area contributed by atoms with Crippen LogP contribution in [0.15, 0.2) is 34.8 Å². The molecule has 2 N–H and O–H groups in total. The molecule has 1 heterocycles. The van der Waals surface area contributed by atoms with Crippen LogP contribution in [-0.4, -0.2) is 12.8 Å². The van der Waals surface area contributed by atoms with E-state index >= 15 is 0 Å². The molecule has 2 rings (SSSR count). The molecule has 2 aromatic rings. The van der Waals surface area contributed by atoms with E-state index in [4.69, 9.17) is 5.73 Å². The van der Waals surface area contributed by atoms with Crippen LogP contribution in [0.1, 0.15) is 22.2 Å². The number of thiophene rings is 1. The van der Waals surface area contributed by atoms with E-state index in [0.717, 1.165) is 16.0 Å². The number of hydrogen-bond acceptors (Lipinski definition) is 4. The molecule has 19 heavy (non-hydrogen) atoms. The van der Waals surface area contributed by atoms with E-state index < -0.39 is 0 Å². The van der Waals surface area contributed by atoms with Gasteiger partial charge in [0.15, 0.2) is 5.78 Å². The predicted molar refractivity (Wildman–Crippen MR) is 85.0 cm³/mol. The molecule has 0 aliphatic rings. The number of benzene rings is 1. The van der Waals surface area contributed by atoms with Crippen LogP contribution < -0.4 is 10.6 Å². The Labute approximate surface area is 125 Å². The van der Waals surface area contributed by atoms with Gasteiger partial charge in [0.05, 0.1) is 15.6 Å². The van der Waals surface area contributed by atoms with Gasteiger partial charge in [-0.3, -0.25) is 4.79 Å². The second-order valence-electron chi connectivity index (χ2n) is 4.41. The third-order valence-electron chi connectivity index (χ3n) is 2.75. The Balaban J connectivity index is 2.18. The standard InChI is InChI=1S/C14H15BrN2OS/c1-9(18)14-12(16)7-13(19-14)17(2)8-10-4-3-5-11(15)6-10/h3-7H,8,16H2,1-2H3. The number of nitrogen functional groups attached to an aromatic ring is 1. The lowest BCUT2D eigenvalue weighted by Gasteiger charge is -2.17. The fourth-order valence-corrected chi connectivity index (χ4v) is 3.22. The summed E-state index contributed by atoms with van der Waals surface area (Å²) in [6, 6.07) is 10.0. The number of Topliss-reactive ketones (excluding diaryl/α,β-unsaturated/α-hetero) is 1. The number of nitrogens with two attached hydrogens (primary N) is 1. The van der Waals surface area contributed by atoms with Gasteiger partial charge < -0.3 is 10.6 Å². The van der Waals surface area contributed by atoms with Crippen LogP contribution in [0.25, 0.3) is 0 Å². The molecule has 0 amide bonds. The van der Waals surface area contributed by atoms with Gasteiger partial charge in [-0.25, -0.2) is 0 Å². The SMILES string of the molecule is CC(=O)c1sc(N(C)Cc2cccc(Br)c2)cc1N. The van der Waals surface area contributed by atoms with E-state index in [-0.39, 0.29) is 5.78 Å². The van der Waals surface area contributed by atoms with Gasteiger partial charge in [0.2, 0.25) is 0 Å². The number of anilines is 2. The summed E-state index contributed by atoms with van der Waals surface area (Å²) in [6.45, 7) is 2.32. The summed E-state index contributed by atoms with van der Waals surface area (Å²) in [4.78, 5) is 14.1. The summed E-state index contributed by atoms with van der Waals surface area (Å²) in [5, 5.41) is 1.00. The minimum absolute atomic E-state index is 0.0182. The van der Waals surface area contributed by atoms with Gasteiger partial charge in [-0.05, 0) is 23.8 Å². The van der Waals surface area contributed by atoms with E-state index in [1.54, 1.807) is 6.92 Å². The average molecular weight is 339 g/mol. The van der Waals surface area contributed by atoms with Gasteiger partial charge in [-0.1, -0.05) is 28.1 Å². The highest BCUT2D eigenvalue weighted by Gasteiger charge is 2.13. The number of nitrogens with zero attached hydrogens (tertiary/aromatic N) is 1. The van der Waals surface area contributed by atoms with Crippen LogP contribution in [0.5, 0.6) is 0 Å². The predicted octanol–water partition coefficient (Wildman–Crippen LogP) is 3.93.